The Hall–Kier alpha value is -0.650. The number of primary amides is 1. The maximum atomic E-state index is 12.0. The first-order valence-corrected chi connectivity index (χ1v) is 7.06. The summed E-state index contributed by atoms with van der Waals surface area (Å²) in [5.41, 5.74) is 5.34. The van der Waals surface area contributed by atoms with Gasteiger partial charge < -0.3 is 16.0 Å². The van der Waals surface area contributed by atoms with Gasteiger partial charge in [0.05, 0.1) is 0 Å². The van der Waals surface area contributed by atoms with Crippen LogP contribution < -0.4 is 11.1 Å². The van der Waals surface area contributed by atoms with Crippen molar-refractivity contribution in [1.82, 2.24) is 15.1 Å². The zero-order valence-electron chi connectivity index (χ0n) is 11.6. The van der Waals surface area contributed by atoms with Crippen molar-refractivity contribution >= 4 is 5.91 Å². The van der Waals surface area contributed by atoms with Gasteiger partial charge in [-0.1, -0.05) is 0 Å². The molecule has 1 amide bonds. The fourth-order valence-corrected chi connectivity index (χ4v) is 3.22. The molecule has 2 fully saturated rings. The highest BCUT2D eigenvalue weighted by molar-refractivity contribution is 5.84. The average Bonchev–Trinajstić information content (AvgIpc) is 2.39. The number of amides is 1. The summed E-state index contributed by atoms with van der Waals surface area (Å²) in [7, 11) is 0. The monoisotopic (exact) mass is 254 g/mol. The van der Waals surface area contributed by atoms with Crippen molar-refractivity contribution in [3.63, 3.8) is 0 Å². The number of likely N-dealkylation sites (tertiary alicyclic amines) is 1. The van der Waals surface area contributed by atoms with Crippen LogP contribution >= 0.6 is 0 Å². The van der Waals surface area contributed by atoms with Gasteiger partial charge in [0, 0.05) is 45.3 Å². The van der Waals surface area contributed by atoms with Crippen LogP contribution in [-0.2, 0) is 4.79 Å². The summed E-state index contributed by atoms with van der Waals surface area (Å²) < 4.78 is 0. The molecular weight excluding hydrogens is 228 g/mol. The number of piperazine rings is 1. The van der Waals surface area contributed by atoms with Crippen LogP contribution in [0.3, 0.4) is 0 Å². The third kappa shape index (κ3) is 2.53. The Morgan fingerprint density at radius 1 is 1.17 bits per heavy atom. The molecule has 0 aliphatic carbocycles. The van der Waals surface area contributed by atoms with Crippen LogP contribution in [0.1, 0.15) is 26.7 Å². The Morgan fingerprint density at radius 3 is 2.17 bits per heavy atom. The van der Waals surface area contributed by atoms with Gasteiger partial charge in [0.2, 0.25) is 5.91 Å². The Labute approximate surface area is 110 Å². The molecule has 5 nitrogen and oxygen atoms in total. The summed E-state index contributed by atoms with van der Waals surface area (Å²) in [5, 5.41) is 3.33. The number of hydrogen-bond acceptors (Lipinski definition) is 4. The molecule has 2 heterocycles. The number of nitrogens with zero attached hydrogens (tertiary/aromatic N) is 2. The average molecular weight is 254 g/mol. The van der Waals surface area contributed by atoms with E-state index in [2.05, 4.69) is 29.0 Å². The number of carbonyl (C=O) groups is 1. The second-order valence-corrected chi connectivity index (χ2v) is 5.76. The van der Waals surface area contributed by atoms with E-state index in [0.29, 0.717) is 6.04 Å². The van der Waals surface area contributed by atoms with Crippen molar-refractivity contribution in [3.05, 3.63) is 0 Å². The maximum absolute atomic E-state index is 12.0. The van der Waals surface area contributed by atoms with Crippen LogP contribution in [0.2, 0.25) is 0 Å². The molecular formula is C13H26N4O. The molecule has 5 heteroatoms. The largest absolute Gasteiger partial charge is 0.368 e. The van der Waals surface area contributed by atoms with Crippen LogP contribution in [0.25, 0.3) is 0 Å². The summed E-state index contributed by atoms with van der Waals surface area (Å²) in [5.74, 6) is -0.132. The first-order valence-electron chi connectivity index (χ1n) is 7.06. The lowest BCUT2D eigenvalue weighted by molar-refractivity contribution is -0.135. The van der Waals surface area contributed by atoms with Crippen molar-refractivity contribution < 1.29 is 4.79 Å². The number of rotatable bonds is 3. The summed E-state index contributed by atoms with van der Waals surface area (Å²) in [4.78, 5) is 16.7. The molecule has 0 aromatic rings. The Bertz CT molecular complexity index is 291. The maximum Gasteiger partial charge on any atom is 0.238 e. The van der Waals surface area contributed by atoms with Crippen LogP contribution in [0, 0.1) is 0 Å². The molecule has 0 unspecified atom stereocenters. The Morgan fingerprint density at radius 2 is 1.72 bits per heavy atom. The zero-order valence-corrected chi connectivity index (χ0v) is 11.6. The third-order valence-corrected chi connectivity index (χ3v) is 4.54. The summed E-state index contributed by atoms with van der Waals surface area (Å²) in [6.07, 6.45) is 1.75. The summed E-state index contributed by atoms with van der Waals surface area (Å²) in [6.45, 7) is 10.2. The van der Waals surface area contributed by atoms with Gasteiger partial charge in [-0.3, -0.25) is 9.69 Å². The van der Waals surface area contributed by atoms with Gasteiger partial charge in [-0.25, -0.2) is 0 Å². The minimum Gasteiger partial charge on any atom is -0.368 e. The number of carbonyl (C=O) groups excluding carboxylic acids is 1. The molecule has 3 N–H and O–H groups in total. The van der Waals surface area contributed by atoms with Gasteiger partial charge in [0.25, 0.3) is 0 Å². The molecule has 0 aromatic carbocycles. The Kier molecular flexibility index (Phi) is 4.25. The fraction of sp³-hybridized carbons (Fsp3) is 0.923. The normalized spacial score (nSPS) is 26.4. The van der Waals surface area contributed by atoms with Crippen molar-refractivity contribution in [2.24, 2.45) is 5.73 Å². The van der Waals surface area contributed by atoms with E-state index in [-0.39, 0.29) is 5.91 Å². The molecule has 2 rings (SSSR count). The van der Waals surface area contributed by atoms with Gasteiger partial charge in [-0.15, -0.1) is 0 Å². The zero-order chi connectivity index (χ0) is 13.2. The number of hydrogen-bond donors (Lipinski definition) is 2. The quantitative estimate of drug-likeness (QED) is 0.721. The van der Waals surface area contributed by atoms with Crippen molar-refractivity contribution in [2.75, 3.05) is 39.3 Å². The van der Waals surface area contributed by atoms with Crippen LogP contribution in [0.5, 0.6) is 0 Å². The predicted octanol–water partition coefficient (Wildman–Crippen LogP) is -0.380. The van der Waals surface area contributed by atoms with E-state index in [0.717, 1.165) is 52.1 Å². The van der Waals surface area contributed by atoms with Crippen molar-refractivity contribution in [1.29, 1.82) is 0 Å². The minimum atomic E-state index is -0.395. The van der Waals surface area contributed by atoms with Gasteiger partial charge in [-0.2, -0.15) is 0 Å². The standard InChI is InChI=1S/C13H26N4O/c1-11(2)16-7-3-13(4-8-16,12(14)18)17-9-5-15-6-10-17/h11,15H,3-10H2,1-2H3,(H2,14,18). The molecule has 0 saturated carbocycles. The Balaban J connectivity index is 2.07. The minimum absolute atomic E-state index is 0.132. The highest BCUT2D eigenvalue weighted by atomic mass is 16.1. The first-order chi connectivity index (χ1) is 8.56. The SMILES string of the molecule is CC(C)N1CCC(C(N)=O)(N2CCNCC2)CC1. The van der Waals surface area contributed by atoms with E-state index in [1.807, 2.05) is 0 Å². The molecule has 0 radical (unpaired) electrons. The van der Waals surface area contributed by atoms with E-state index < -0.39 is 5.54 Å². The predicted molar refractivity (Wildman–Crippen MR) is 72.3 cm³/mol. The van der Waals surface area contributed by atoms with E-state index in [1.165, 1.54) is 0 Å². The molecule has 2 saturated heterocycles. The first kappa shape index (κ1) is 13.8. The molecule has 18 heavy (non-hydrogen) atoms. The van der Waals surface area contributed by atoms with Crippen molar-refractivity contribution in [2.45, 2.75) is 38.3 Å². The number of nitrogens with one attached hydrogen (secondary N) is 1. The van der Waals surface area contributed by atoms with Gasteiger partial charge in [-0.05, 0) is 26.7 Å². The van der Waals surface area contributed by atoms with Crippen molar-refractivity contribution in [3.8, 4) is 0 Å². The van der Waals surface area contributed by atoms with E-state index >= 15 is 0 Å². The second kappa shape index (κ2) is 5.55. The summed E-state index contributed by atoms with van der Waals surface area (Å²) >= 11 is 0. The molecule has 104 valence electrons. The molecule has 0 bridgehead atoms. The van der Waals surface area contributed by atoms with E-state index in [1.54, 1.807) is 0 Å². The second-order valence-electron chi connectivity index (χ2n) is 5.76. The number of piperidine rings is 1. The molecule has 0 spiro atoms. The van der Waals surface area contributed by atoms with E-state index in [9.17, 15) is 4.79 Å². The van der Waals surface area contributed by atoms with Gasteiger partial charge in [0.1, 0.15) is 5.54 Å². The molecule has 2 aliphatic heterocycles. The van der Waals surface area contributed by atoms with Crippen LogP contribution in [0.4, 0.5) is 0 Å². The van der Waals surface area contributed by atoms with Gasteiger partial charge >= 0.3 is 0 Å². The lowest BCUT2D eigenvalue weighted by Crippen LogP contribution is -2.66. The van der Waals surface area contributed by atoms with Crippen LogP contribution in [0.15, 0.2) is 0 Å². The van der Waals surface area contributed by atoms with Crippen LogP contribution in [-0.4, -0.2) is 66.6 Å². The molecule has 0 aromatic heterocycles. The smallest absolute Gasteiger partial charge is 0.238 e. The highest BCUT2D eigenvalue weighted by Gasteiger charge is 2.45. The molecule has 0 atom stereocenters. The van der Waals surface area contributed by atoms with E-state index in [4.69, 9.17) is 5.73 Å². The lowest BCUT2D eigenvalue weighted by atomic mass is 9.84. The fourth-order valence-electron chi connectivity index (χ4n) is 3.22. The highest BCUT2D eigenvalue weighted by Crippen LogP contribution is 2.30. The number of nitrogens with two attached hydrogens (primary N) is 1. The molecule has 2 aliphatic rings. The van der Waals surface area contributed by atoms with Gasteiger partial charge in [0.15, 0.2) is 0 Å². The lowest BCUT2D eigenvalue weighted by Gasteiger charge is -2.48. The topological polar surface area (TPSA) is 61.6 Å². The summed E-state index contributed by atoms with van der Waals surface area (Å²) in [6, 6.07) is 0.555. The third-order valence-electron chi connectivity index (χ3n) is 4.54.